The van der Waals surface area contributed by atoms with Gasteiger partial charge in [0.1, 0.15) is 5.60 Å². The SMILES string of the molecule is Cc1csc(NC(=O)NCC(C)(O)c2cnn(C)c2)n1. The number of hydrogen-bond donors (Lipinski definition) is 3. The normalized spacial score (nSPS) is 13.8. The number of anilines is 1. The van der Waals surface area contributed by atoms with Gasteiger partial charge in [-0.2, -0.15) is 5.10 Å². The van der Waals surface area contributed by atoms with Crippen molar-refractivity contribution in [1.82, 2.24) is 20.1 Å². The van der Waals surface area contributed by atoms with E-state index in [4.69, 9.17) is 0 Å². The Balaban J connectivity index is 1.89. The fraction of sp³-hybridized carbons (Fsp3) is 0.417. The first-order valence-electron chi connectivity index (χ1n) is 6.05. The Morgan fingerprint density at radius 1 is 1.60 bits per heavy atom. The van der Waals surface area contributed by atoms with Crippen LogP contribution in [0.1, 0.15) is 18.2 Å². The minimum atomic E-state index is -1.18. The third-order valence-electron chi connectivity index (χ3n) is 2.76. The molecule has 2 aromatic rings. The minimum Gasteiger partial charge on any atom is -0.383 e. The zero-order chi connectivity index (χ0) is 14.8. The van der Waals surface area contributed by atoms with Crippen molar-refractivity contribution in [2.45, 2.75) is 19.4 Å². The number of rotatable bonds is 4. The van der Waals surface area contributed by atoms with E-state index in [0.717, 1.165) is 5.69 Å². The van der Waals surface area contributed by atoms with Gasteiger partial charge in [0.2, 0.25) is 0 Å². The van der Waals surface area contributed by atoms with Gasteiger partial charge in [0.05, 0.1) is 18.4 Å². The van der Waals surface area contributed by atoms with E-state index in [1.807, 2.05) is 12.3 Å². The van der Waals surface area contributed by atoms with E-state index in [0.29, 0.717) is 10.7 Å². The van der Waals surface area contributed by atoms with E-state index in [1.165, 1.54) is 11.3 Å². The summed E-state index contributed by atoms with van der Waals surface area (Å²) < 4.78 is 1.60. The maximum absolute atomic E-state index is 11.7. The highest BCUT2D eigenvalue weighted by atomic mass is 32.1. The number of urea groups is 1. The summed E-state index contributed by atoms with van der Waals surface area (Å²) in [6, 6.07) is -0.400. The third kappa shape index (κ3) is 3.55. The fourth-order valence-electron chi connectivity index (χ4n) is 1.61. The quantitative estimate of drug-likeness (QED) is 0.790. The Kier molecular flexibility index (Phi) is 4.05. The highest BCUT2D eigenvalue weighted by Crippen LogP contribution is 2.19. The summed E-state index contributed by atoms with van der Waals surface area (Å²) in [5.74, 6) is 0. The van der Waals surface area contributed by atoms with Crippen molar-refractivity contribution >= 4 is 22.5 Å². The number of nitrogens with zero attached hydrogens (tertiary/aromatic N) is 3. The van der Waals surface area contributed by atoms with Gasteiger partial charge in [-0.25, -0.2) is 9.78 Å². The monoisotopic (exact) mass is 295 g/mol. The Morgan fingerprint density at radius 3 is 2.90 bits per heavy atom. The lowest BCUT2D eigenvalue weighted by Crippen LogP contribution is -2.40. The molecular formula is C12H17N5O2S. The van der Waals surface area contributed by atoms with E-state index in [9.17, 15) is 9.90 Å². The molecule has 0 bridgehead atoms. The molecule has 2 rings (SSSR count). The molecule has 2 aromatic heterocycles. The summed E-state index contributed by atoms with van der Waals surface area (Å²) >= 11 is 1.35. The number of aryl methyl sites for hydroxylation is 2. The number of carbonyl (C=O) groups excluding carboxylic acids is 1. The van der Waals surface area contributed by atoms with Gasteiger partial charge in [0.25, 0.3) is 0 Å². The molecule has 3 N–H and O–H groups in total. The van der Waals surface area contributed by atoms with Crippen LogP contribution in [-0.4, -0.2) is 32.4 Å². The summed E-state index contributed by atoms with van der Waals surface area (Å²) in [7, 11) is 1.77. The van der Waals surface area contributed by atoms with Crippen LogP contribution in [0.15, 0.2) is 17.8 Å². The second-order valence-electron chi connectivity index (χ2n) is 4.78. The first kappa shape index (κ1) is 14.5. The van der Waals surface area contributed by atoms with Gasteiger partial charge >= 0.3 is 6.03 Å². The Bertz CT molecular complexity index is 605. The van der Waals surface area contributed by atoms with Crippen LogP contribution in [0.2, 0.25) is 0 Å². The van der Waals surface area contributed by atoms with Gasteiger partial charge in [-0.05, 0) is 13.8 Å². The zero-order valence-electron chi connectivity index (χ0n) is 11.5. The van der Waals surface area contributed by atoms with Crippen LogP contribution in [0.5, 0.6) is 0 Å². The number of aromatic nitrogens is 3. The van der Waals surface area contributed by atoms with Crippen LogP contribution in [0.25, 0.3) is 0 Å². The molecule has 0 fully saturated rings. The number of thiazole rings is 1. The average molecular weight is 295 g/mol. The van der Waals surface area contributed by atoms with Crippen LogP contribution in [0, 0.1) is 6.92 Å². The molecule has 1 atom stereocenters. The van der Waals surface area contributed by atoms with Gasteiger partial charge in [0, 0.05) is 24.2 Å². The van der Waals surface area contributed by atoms with Crippen molar-refractivity contribution in [3.63, 3.8) is 0 Å². The predicted molar refractivity (Wildman–Crippen MR) is 76.7 cm³/mol. The van der Waals surface area contributed by atoms with Gasteiger partial charge in [-0.3, -0.25) is 10.00 Å². The van der Waals surface area contributed by atoms with Crippen molar-refractivity contribution in [3.8, 4) is 0 Å². The second-order valence-corrected chi connectivity index (χ2v) is 5.64. The largest absolute Gasteiger partial charge is 0.383 e. The topological polar surface area (TPSA) is 92.1 Å². The number of nitrogens with one attached hydrogen (secondary N) is 2. The van der Waals surface area contributed by atoms with Crippen molar-refractivity contribution < 1.29 is 9.90 Å². The van der Waals surface area contributed by atoms with Crippen LogP contribution >= 0.6 is 11.3 Å². The van der Waals surface area contributed by atoms with E-state index >= 15 is 0 Å². The first-order chi connectivity index (χ1) is 9.37. The highest BCUT2D eigenvalue weighted by molar-refractivity contribution is 7.13. The molecule has 0 radical (unpaired) electrons. The Hall–Kier alpha value is -1.93. The maximum atomic E-state index is 11.7. The fourth-order valence-corrected chi connectivity index (χ4v) is 2.29. The maximum Gasteiger partial charge on any atom is 0.321 e. The number of hydrogen-bond acceptors (Lipinski definition) is 5. The lowest BCUT2D eigenvalue weighted by Gasteiger charge is -2.22. The molecular weight excluding hydrogens is 278 g/mol. The summed E-state index contributed by atoms with van der Waals surface area (Å²) in [5, 5.41) is 21.9. The summed E-state index contributed by atoms with van der Waals surface area (Å²) in [6.07, 6.45) is 3.29. The van der Waals surface area contributed by atoms with Crippen molar-refractivity contribution in [2.24, 2.45) is 7.05 Å². The van der Waals surface area contributed by atoms with E-state index in [1.54, 1.807) is 31.0 Å². The molecule has 7 nitrogen and oxygen atoms in total. The van der Waals surface area contributed by atoms with Crippen molar-refractivity contribution in [2.75, 3.05) is 11.9 Å². The molecule has 0 saturated carbocycles. The zero-order valence-corrected chi connectivity index (χ0v) is 12.4. The summed E-state index contributed by atoms with van der Waals surface area (Å²) in [6.45, 7) is 3.56. The molecule has 20 heavy (non-hydrogen) atoms. The second kappa shape index (κ2) is 5.59. The third-order valence-corrected chi connectivity index (χ3v) is 3.63. The summed E-state index contributed by atoms with van der Waals surface area (Å²) in [5.41, 5.74) is 0.322. The molecule has 1 unspecified atom stereocenters. The minimum absolute atomic E-state index is 0.0783. The molecule has 2 amide bonds. The molecule has 2 heterocycles. The predicted octanol–water partition coefficient (Wildman–Crippen LogP) is 1.21. The molecule has 0 saturated heterocycles. The van der Waals surface area contributed by atoms with Crippen LogP contribution in [0.4, 0.5) is 9.93 Å². The van der Waals surface area contributed by atoms with Gasteiger partial charge in [0.15, 0.2) is 5.13 Å². The standard InChI is InChI=1S/C12H17N5O2S/c1-8-6-20-11(15-8)16-10(18)13-7-12(2,19)9-4-14-17(3)5-9/h4-6,19H,7H2,1-3H3,(H2,13,15,16,18). The van der Waals surface area contributed by atoms with Gasteiger partial charge in [-0.1, -0.05) is 0 Å². The van der Waals surface area contributed by atoms with Crippen LogP contribution in [0.3, 0.4) is 0 Å². The molecule has 0 aliphatic heterocycles. The average Bonchev–Trinajstić information content (AvgIpc) is 2.96. The molecule has 0 aromatic carbocycles. The van der Waals surface area contributed by atoms with Crippen LogP contribution < -0.4 is 10.6 Å². The van der Waals surface area contributed by atoms with Crippen molar-refractivity contribution in [1.29, 1.82) is 0 Å². The number of carbonyl (C=O) groups is 1. The van der Waals surface area contributed by atoms with E-state index < -0.39 is 11.6 Å². The lowest BCUT2D eigenvalue weighted by molar-refractivity contribution is 0.0599. The first-order valence-corrected chi connectivity index (χ1v) is 6.93. The Morgan fingerprint density at radius 2 is 2.35 bits per heavy atom. The Labute approximate surface area is 120 Å². The van der Waals surface area contributed by atoms with Crippen molar-refractivity contribution in [3.05, 3.63) is 29.0 Å². The summed E-state index contributed by atoms with van der Waals surface area (Å²) in [4.78, 5) is 15.8. The smallest absolute Gasteiger partial charge is 0.321 e. The molecule has 0 aliphatic rings. The van der Waals surface area contributed by atoms with E-state index in [-0.39, 0.29) is 6.54 Å². The molecule has 108 valence electrons. The molecule has 0 spiro atoms. The molecule has 0 aliphatic carbocycles. The van der Waals surface area contributed by atoms with Gasteiger partial charge in [-0.15, -0.1) is 11.3 Å². The number of aliphatic hydroxyl groups is 1. The highest BCUT2D eigenvalue weighted by Gasteiger charge is 2.25. The van der Waals surface area contributed by atoms with Crippen LogP contribution in [-0.2, 0) is 12.6 Å². The number of amides is 2. The lowest BCUT2D eigenvalue weighted by atomic mass is 10.00. The molecule has 8 heteroatoms. The van der Waals surface area contributed by atoms with Gasteiger partial charge < -0.3 is 10.4 Å². The van der Waals surface area contributed by atoms with E-state index in [2.05, 4.69) is 20.7 Å².